The molecule has 3 aromatic carbocycles. The number of anilines is 1. The predicted molar refractivity (Wildman–Crippen MR) is 132 cm³/mol. The maximum absolute atomic E-state index is 12.9. The topological polar surface area (TPSA) is 103 Å². The molecule has 0 saturated heterocycles. The van der Waals surface area contributed by atoms with Crippen LogP contribution >= 0.6 is 12.6 Å². The van der Waals surface area contributed by atoms with Gasteiger partial charge in [-0.25, -0.2) is 4.79 Å². The molecule has 3 aromatic rings. The van der Waals surface area contributed by atoms with E-state index in [1.807, 2.05) is 36.4 Å². The standard InChI is InChI=1S/C25H27NO7S/c1-30-21-11-10-17(14-20(21)27)24(22(31-2)12-13-32-23(28)15-34)33-25(29)26-19-9-5-7-16-6-3-4-8-18(16)19/h3-11,14,22,24,27,34H,12-13,15H2,1-2H3,(H,26,29)/t22-,24-/m1/s1. The fourth-order valence-corrected chi connectivity index (χ4v) is 3.65. The SMILES string of the molecule is COc1ccc([C@@H](OC(=O)Nc2cccc3ccccc23)[C@@H](CCOC(=O)CS)OC)cc1O. The monoisotopic (exact) mass is 485 g/mol. The zero-order valence-corrected chi connectivity index (χ0v) is 19.8. The summed E-state index contributed by atoms with van der Waals surface area (Å²) in [7, 11) is 2.90. The Morgan fingerprint density at radius 1 is 1.06 bits per heavy atom. The van der Waals surface area contributed by atoms with Gasteiger partial charge in [0.15, 0.2) is 17.6 Å². The van der Waals surface area contributed by atoms with E-state index in [9.17, 15) is 14.7 Å². The fourth-order valence-electron chi connectivity index (χ4n) is 3.56. The molecule has 180 valence electrons. The number of aromatic hydroxyl groups is 1. The third-order valence-electron chi connectivity index (χ3n) is 5.23. The number of thiol groups is 1. The molecule has 0 fully saturated rings. The Labute approximate surface area is 203 Å². The molecule has 0 radical (unpaired) electrons. The van der Waals surface area contributed by atoms with Crippen molar-refractivity contribution in [1.82, 2.24) is 0 Å². The highest BCUT2D eigenvalue weighted by atomic mass is 32.1. The maximum atomic E-state index is 12.9. The summed E-state index contributed by atoms with van der Waals surface area (Å²) in [4.78, 5) is 24.4. The van der Waals surface area contributed by atoms with Gasteiger partial charge in [0.25, 0.3) is 0 Å². The van der Waals surface area contributed by atoms with Gasteiger partial charge in [0.1, 0.15) is 6.10 Å². The van der Waals surface area contributed by atoms with E-state index < -0.39 is 24.3 Å². The minimum absolute atomic E-state index is 0.0443. The number of carbonyl (C=O) groups excluding carboxylic acids is 2. The van der Waals surface area contributed by atoms with Crippen LogP contribution in [-0.2, 0) is 19.0 Å². The second kappa shape index (κ2) is 12.2. The van der Waals surface area contributed by atoms with Crippen molar-refractivity contribution in [3.8, 4) is 11.5 Å². The van der Waals surface area contributed by atoms with Gasteiger partial charge in [0.05, 0.1) is 25.2 Å². The number of esters is 1. The van der Waals surface area contributed by atoms with Crippen molar-refractivity contribution in [2.45, 2.75) is 18.6 Å². The van der Waals surface area contributed by atoms with Crippen LogP contribution in [0.4, 0.5) is 10.5 Å². The van der Waals surface area contributed by atoms with Gasteiger partial charge in [-0.2, -0.15) is 12.6 Å². The highest BCUT2D eigenvalue weighted by Crippen LogP contribution is 2.33. The summed E-state index contributed by atoms with van der Waals surface area (Å²) in [5.41, 5.74) is 1.08. The first-order valence-electron chi connectivity index (χ1n) is 10.6. The van der Waals surface area contributed by atoms with Crippen LogP contribution in [0.2, 0.25) is 0 Å². The van der Waals surface area contributed by atoms with Crippen molar-refractivity contribution < 1.29 is 33.6 Å². The molecule has 2 N–H and O–H groups in total. The molecule has 0 heterocycles. The van der Waals surface area contributed by atoms with Crippen LogP contribution in [0.5, 0.6) is 11.5 Å². The van der Waals surface area contributed by atoms with Gasteiger partial charge in [0.2, 0.25) is 0 Å². The molecule has 0 unspecified atom stereocenters. The number of hydrogen-bond donors (Lipinski definition) is 3. The molecule has 0 spiro atoms. The molecule has 34 heavy (non-hydrogen) atoms. The molecule has 0 aliphatic carbocycles. The first-order chi connectivity index (χ1) is 16.5. The highest BCUT2D eigenvalue weighted by Gasteiger charge is 2.28. The van der Waals surface area contributed by atoms with Crippen LogP contribution in [0.15, 0.2) is 60.7 Å². The largest absolute Gasteiger partial charge is 0.504 e. The van der Waals surface area contributed by atoms with Crippen LogP contribution in [0.25, 0.3) is 10.8 Å². The Hall–Kier alpha value is -3.43. The average Bonchev–Trinajstić information content (AvgIpc) is 2.85. The normalized spacial score (nSPS) is 12.6. The lowest BCUT2D eigenvalue weighted by molar-refractivity contribution is -0.141. The maximum Gasteiger partial charge on any atom is 0.412 e. The number of carbonyl (C=O) groups is 2. The van der Waals surface area contributed by atoms with Crippen molar-refractivity contribution >= 4 is 41.2 Å². The van der Waals surface area contributed by atoms with Gasteiger partial charge in [-0.1, -0.05) is 42.5 Å². The first-order valence-corrected chi connectivity index (χ1v) is 11.2. The van der Waals surface area contributed by atoms with E-state index in [0.29, 0.717) is 11.3 Å². The van der Waals surface area contributed by atoms with Gasteiger partial charge in [-0.15, -0.1) is 0 Å². The predicted octanol–water partition coefficient (Wildman–Crippen LogP) is 4.72. The number of methoxy groups -OCH3 is 2. The Morgan fingerprint density at radius 2 is 1.82 bits per heavy atom. The van der Waals surface area contributed by atoms with Crippen LogP contribution in [-0.4, -0.2) is 49.9 Å². The Morgan fingerprint density at radius 3 is 2.53 bits per heavy atom. The molecule has 0 aliphatic heterocycles. The van der Waals surface area contributed by atoms with Crippen molar-refractivity contribution in [2.75, 3.05) is 31.9 Å². The number of ether oxygens (including phenoxy) is 4. The number of nitrogens with one attached hydrogen (secondary N) is 1. The van der Waals surface area contributed by atoms with Gasteiger partial charge in [-0.3, -0.25) is 10.1 Å². The lowest BCUT2D eigenvalue weighted by Crippen LogP contribution is -2.29. The lowest BCUT2D eigenvalue weighted by Gasteiger charge is -2.27. The molecule has 2 atom stereocenters. The van der Waals surface area contributed by atoms with Gasteiger partial charge < -0.3 is 24.1 Å². The van der Waals surface area contributed by atoms with Crippen LogP contribution in [0.3, 0.4) is 0 Å². The second-order valence-electron chi connectivity index (χ2n) is 7.35. The molecular weight excluding hydrogens is 458 g/mol. The zero-order valence-electron chi connectivity index (χ0n) is 18.9. The number of phenolic OH excluding ortho intramolecular Hbond substituents is 1. The van der Waals surface area contributed by atoms with E-state index in [2.05, 4.69) is 17.9 Å². The number of fused-ring (bicyclic) bond motifs is 1. The van der Waals surface area contributed by atoms with Crippen LogP contribution in [0, 0.1) is 0 Å². The van der Waals surface area contributed by atoms with Crippen LogP contribution in [0.1, 0.15) is 18.1 Å². The number of hydrogen-bond acceptors (Lipinski definition) is 8. The van der Waals surface area contributed by atoms with E-state index in [4.69, 9.17) is 18.9 Å². The quantitative estimate of drug-likeness (QED) is 0.282. The number of benzene rings is 3. The number of rotatable bonds is 10. The number of amides is 1. The van der Waals surface area contributed by atoms with E-state index in [1.165, 1.54) is 20.3 Å². The Balaban J connectivity index is 1.83. The lowest BCUT2D eigenvalue weighted by atomic mass is 10.0. The van der Waals surface area contributed by atoms with Crippen molar-refractivity contribution in [3.05, 3.63) is 66.2 Å². The summed E-state index contributed by atoms with van der Waals surface area (Å²) in [6.07, 6.45) is -2.04. The minimum atomic E-state index is -0.911. The molecule has 9 heteroatoms. The van der Waals surface area contributed by atoms with Crippen molar-refractivity contribution in [1.29, 1.82) is 0 Å². The molecule has 0 aromatic heterocycles. The van der Waals surface area contributed by atoms with E-state index in [-0.39, 0.29) is 30.3 Å². The molecule has 3 rings (SSSR count). The third-order valence-corrected chi connectivity index (χ3v) is 5.48. The first kappa shape index (κ1) is 25.2. The molecular formula is C25H27NO7S. The number of phenols is 1. The molecule has 1 amide bonds. The minimum Gasteiger partial charge on any atom is -0.504 e. The van der Waals surface area contributed by atoms with Crippen molar-refractivity contribution in [2.24, 2.45) is 0 Å². The average molecular weight is 486 g/mol. The van der Waals surface area contributed by atoms with E-state index in [1.54, 1.807) is 18.2 Å². The smallest absolute Gasteiger partial charge is 0.412 e. The molecule has 8 nitrogen and oxygen atoms in total. The van der Waals surface area contributed by atoms with E-state index in [0.717, 1.165) is 10.8 Å². The molecule has 0 aliphatic rings. The summed E-state index contributed by atoms with van der Waals surface area (Å²) in [5.74, 6) is -0.345. The van der Waals surface area contributed by atoms with Gasteiger partial charge in [0, 0.05) is 18.9 Å². The summed E-state index contributed by atoms with van der Waals surface area (Å²) >= 11 is 3.89. The van der Waals surface area contributed by atoms with Crippen molar-refractivity contribution in [3.63, 3.8) is 0 Å². The van der Waals surface area contributed by atoms with Gasteiger partial charge in [-0.05, 0) is 29.1 Å². The highest BCUT2D eigenvalue weighted by molar-refractivity contribution is 7.81. The summed E-state index contributed by atoms with van der Waals surface area (Å²) < 4.78 is 21.5. The molecule has 0 bridgehead atoms. The Bertz CT molecular complexity index is 1130. The Kier molecular flexibility index (Phi) is 9.00. The van der Waals surface area contributed by atoms with Gasteiger partial charge >= 0.3 is 12.1 Å². The zero-order chi connectivity index (χ0) is 24.5. The summed E-state index contributed by atoms with van der Waals surface area (Å²) in [5, 5.41) is 14.9. The van der Waals surface area contributed by atoms with Crippen LogP contribution < -0.4 is 10.1 Å². The summed E-state index contributed by atoms with van der Waals surface area (Å²) in [6, 6.07) is 17.9. The fraction of sp³-hybridized carbons (Fsp3) is 0.280. The second-order valence-corrected chi connectivity index (χ2v) is 7.67. The summed E-state index contributed by atoms with van der Waals surface area (Å²) in [6.45, 7) is 0.0465. The molecule has 0 saturated carbocycles. The third kappa shape index (κ3) is 6.33. The van der Waals surface area contributed by atoms with E-state index >= 15 is 0 Å².